The summed E-state index contributed by atoms with van der Waals surface area (Å²) in [7, 11) is 0. The van der Waals surface area contributed by atoms with Crippen LogP contribution in [-0.4, -0.2) is 10.9 Å². The number of furan rings is 1. The van der Waals surface area contributed by atoms with Crippen molar-refractivity contribution in [3.8, 4) is 0 Å². The van der Waals surface area contributed by atoms with E-state index in [1.54, 1.807) is 30.3 Å². The lowest BCUT2D eigenvalue weighted by Gasteiger charge is -2.04. The zero-order chi connectivity index (χ0) is 18.1. The van der Waals surface area contributed by atoms with Crippen LogP contribution in [0.4, 0.5) is 5.69 Å². The number of amides is 1. The van der Waals surface area contributed by atoms with Gasteiger partial charge in [0.2, 0.25) is 0 Å². The molecule has 0 saturated carbocycles. The van der Waals surface area contributed by atoms with Crippen molar-refractivity contribution in [1.82, 2.24) is 4.98 Å². The predicted octanol–water partition coefficient (Wildman–Crippen LogP) is 5.68. The smallest absolute Gasteiger partial charge is 0.291 e. The average Bonchev–Trinajstić information content (AvgIpc) is 3.22. The fourth-order valence-corrected chi connectivity index (χ4v) is 3.01. The number of rotatable bonds is 4. The van der Waals surface area contributed by atoms with Gasteiger partial charge in [-0.25, -0.2) is 4.98 Å². The van der Waals surface area contributed by atoms with Crippen molar-refractivity contribution in [3.05, 3.63) is 81.5 Å². The first-order valence-electron chi connectivity index (χ1n) is 7.77. The molecule has 0 aliphatic carbocycles. The molecule has 0 bridgehead atoms. The highest BCUT2D eigenvalue weighted by molar-refractivity contribution is 9.10. The zero-order valence-corrected chi connectivity index (χ0v) is 15.7. The SMILES string of the molecule is O=C(Nc1ccc(Cc2nc3cc(Cl)ccc3o2)cc1)c1ccc(Br)o1. The fourth-order valence-electron chi connectivity index (χ4n) is 2.53. The molecule has 0 spiro atoms. The summed E-state index contributed by atoms with van der Waals surface area (Å²) in [6.07, 6.45) is 0.547. The molecule has 0 aliphatic heterocycles. The van der Waals surface area contributed by atoms with E-state index in [-0.39, 0.29) is 11.7 Å². The second-order valence-corrected chi connectivity index (χ2v) is 6.87. The zero-order valence-electron chi connectivity index (χ0n) is 13.3. The van der Waals surface area contributed by atoms with Crippen molar-refractivity contribution in [2.75, 3.05) is 5.32 Å². The first-order chi connectivity index (χ1) is 12.6. The van der Waals surface area contributed by atoms with Crippen molar-refractivity contribution in [3.63, 3.8) is 0 Å². The van der Waals surface area contributed by atoms with Crippen molar-refractivity contribution in [1.29, 1.82) is 0 Å². The summed E-state index contributed by atoms with van der Waals surface area (Å²) in [5, 5.41) is 3.41. The summed E-state index contributed by atoms with van der Waals surface area (Å²) in [4.78, 5) is 16.5. The Morgan fingerprint density at radius 1 is 1.08 bits per heavy atom. The molecule has 0 aliphatic rings. The molecule has 0 unspecified atom stereocenters. The molecule has 130 valence electrons. The molecule has 5 nitrogen and oxygen atoms in total. The molecule has 2 aromatic carbocycles. The van der Waals surface area contributed by atoms with E-state index in [0.29, 0.717) is 33.3 Å². The normalized spacial score (nSPS) is 11.0. The van der Waals surface area contributed by atoms with Gasteiger partial charge in [-0.1, -0.05) is 23.7 Å². The van der Waals surface area contributed by atoms with Crippen LogP contribution in [0.1, 0.15) is 22.0 Å². The average molecular weight is 432 g/mol. The summed E-state index contributed by atoms with van der Waals surface area (Å²) in [6.45, 7) is 0. The molecule has 1 amide bonds. The van der Waals surface area contributed by atoms with Gasteiger partial charge in [-0.15, -0.1) is 0 Å². The summed E-state index contributed by atoms with van der Waals surface area (Å²) >= 11 is 9.14. The van der Waals surface area contributed by atoms with E-state index < -0.39 is 0 Å². The van der Waals surface area contributed by atoms with Crippen molar-refractivity contribution < 1.29 is 13.6 Å². The Balaban J connectivity index is 1.45. The van der Waals surface area contributed by atoms with Gasteiger partial charge in [-0.05, 0) is 64.0 Å². The van der Waals surface area contributed by atoms with E-state index in [9.17, 15) is 4.79 Å². The molecule has 7 heteroatoms. The second-order valence-electron chi connectivity index (χ2n) is 5.65. The third-order valence-electron chi connectivity index (χ3n) is 3.76. The molecular formula is C19H12BrClN2O3. The number of hydrogen-bond donors (Lipinski definition) is 1. The molecule has 2 heterocycles. The minimum Gasteiger partial charge on any atom is -0.444 e. The van der Waals surface area contributed by atoms with Crippen LogP contribution in [0.15, 0.2) is 68.1 Å². The summed E-state index contributed by atoms with van der Waals surface area (Å²) in [5.74, 6) is 0.546. The molecule has 26 heavy (non-hydrogen) atoms. The number of nitrogens with zero attached hydrogens (tertiary/aromatic N) is 1. The van der Waals surface area contributed by atoms with E-state index in [0.717, 1.165) is 11.1 Å². The summed E-state index contributed by atoms with van der Waals surface area (Å²) in [6, 6.07) is 16.1. The molecule has 0 radical (unpaired) electrons. The van der Waals surface area contributed by atoms with E-state index in [4.69, 9.17) is 20.4 Å². The Morgan fingerprint density at radius 2 is 1.88 bits per heavy atom. The predicted molar refractivity (Wildman–Crippen MR) is 103 cm³/mol. The monoisotopic (exact) mass is 430 g/mol. The van der Waals surface area contributed by atoms with Gasteiger partial charge < -0.3 is 14.2 Å². The van der Waals surface area contributed by atoms with Crippen molar-refractivity contribution in [2.45, 2.75) is 6.42 Å². The van der Waals surface area contributed by atoms with Crippen LogP contribution in [0.3, 0.4) is 0 Å². The standard InChI is InChI=1S/C19H12BrClN2O3/c20-17-8-7-16(25-17)19(24)22-13-4-1-11(2-5-13)9-18-23-14-10-12(21)3-6-15(14)26-18/h1-8,10H,9H2,(H,22,24). The molecular weight excluding hydrogens is 420 g/mol. The lowest BCUT2D eigenvalue weighted by molar-refractivity contribution is 0.0995. The highest BCUT2D eigenvalue weighted by Gasteiger charge is 2.11. The molecule has 0 fully saturated rings. The second kappa shape index (κ2) is 6.97. The number of carbonyl (C=O) groups is 1. The fraction of sp³-hybridized carbons (Fsp3) is 0.0526. The van der Waals surface area contributed by atoms with Crippen LogP contribution in [0.2, 0.25) is 5.02 Å². The summed E-state index contributed by atoms with van der Waals surface area (Å²) in [5.41, 5.74) is 3.14. The molecule has 0 atom stereocenters. The maximum absolute atomic E-state index is 12.1. The number of halogens is 2. The van der Waals surface area contributed by atoms with Crippen LogP contribution in [0, 0.1) is 0 Å². The molecule has 2 aromatic heterocycles. The Hall–Kier alpha value is -2.57. The lowest BCUT2D eigenvalue weighted by atomic mass is 10.1. The van der Waals surface area contributed by atoms with Gasteiger partial charge >= 0.3 is 0 Å². The van der Waals surface area contributed by atoms with Gasteiger partial charge in [-0.3, -0.25) is 4.79 Å². The van der Waals surface area contributed by atoms with Gasteiger partial charge in [0.1, 0.15) is 5.52 Å². The first-order valence-corrected chi connectivity index (χ1v) is 8.94. The maximum Gasteiger partial charge on any atom is 0.291 e. The van der Waals surface area contributed by atoms with E-state index in [2.05, 4.69) is 26.2 Å². The van der Waals surface area contributed by atoms with Gasteiger partial charge in [0.05, 0.1) is 0 Å². The third kappa shape index (κ3) is 3.66. The minimum absolute atomic E-state index is 0.242. The van der Waals surface area contributed by atoms with Gasteiger partial charge in [0.15, 0.2) is 21.9 Å². The highest BCUT2D eigenvalue weighted by atomic mass is 79.9. The van der Waals surface area contributed by atoms with Crippen LogP contribution >= 0.6 is 27.5 Å². The van der Waals surface area contributed by atoms with E-state index in [1.165, 1.54) is 0 Å². The molecule has 4 aromatic rings. The van der Waals surface area contributed by atoms with Gasteiger partial charge in [0, 0.05) is 17.1 Å². The first kappa shape index (κ1) is 16.9. The van der Waals surface area contributed by atoms with Gasteiger partial charge in [0.25, 0.3) is 5.91 Å². The lowest BCUT2D eigenvalue weighted by Crippen LogP contribution is -2.10. The number of fused-ring (bicyclic) bond motifs is 1. The Morgan fingerprint density at radius 3 is 2.62 bits per heavy atom. The number of aromatic nitrogens is 1. The van der Waals surface area contributed by atoms with E-state index in [1.807, 2.05) is 24.3 Å². The number of benzene rings is 2. The largest absolute Gasteiger partial charge is 0.444 e. The number of anilines is 1. The van der Waals surface area contributed by atoms with Gasteiger partial charge in [-0.2, -0.15) is 0 Å². The number of hydrogen-bond acceptors (Lipinski definition) is 4. The topological polar surface area (TPSA) is 68.3 Å². The molecule has 1 N–H and O–H groups in total. The van der Waals surface area contributed by atoms with E-state index >= 15 is 0 Å². The van der Waals surface area contributed by atoms with Crippen LogP contribution in [-0.2, 0) is 6.42 Å². The quantitative estimate of drug-likeness (QED) is 0.451. The Kier molecular flexibility index (Phi) is 4.53. The molecule has 0 saturated heterocycles. The maximum atomic E-state index is 12.1. The number of oxazole rings is 1. The van der Waals surface area contributed by atoms with Crippen LogP contribution < -0.4 is 5.32 Å². The summed E-state index contributed by atoms with van der Waals surface area (Å²) < 4.78 is 11.5. The third-order valence-corrected chi connectivity index (χ3v) is 4.42. The Labute approximate surface area is 162 Å². The molecule has 4 rings (SSSR count). The minimum atomic E-state index is -0.306. The highest BCUT2D eigenvalue weighted by Crippen LogP contribution is 2.22. The van der Waals surface area contributed by atoms with Crippen LogP contribution in [0.25, 0.3) is 11.1 Å². The Bertz CT molecular complexity index is 1090. The number of carbonyl (C=O) groups excluding carboxylic acids is 1. The van der Waals surface area contributed by atoms with Crippen molar-refractivity contribution >= 4 is 50.2 Å². The van der Waals surface area contributed by atoms with Crippen LogP contribution in [0.5, 0.6) is 0 Å². The van der Waals surface area contributed by atoms with Crippen molar-refractivity contribution in [2.24, 2.45) is 0 Å². The number of nitrogens with one attached hydrogen (secondary N) is 1.